The van der Waals surface area contributed by atoms with Crippen molar-refractivity contribution in [3.63, 3.8) is 0 Å². The number of thioether (sulfide) groups is 1. The van der Waals surface area contributed by atoms with Crippen molar-refractivity contribution >= 4 is 17.7 Å². The molecule has 1 aliphatic carbocycles. The zero-order chi connectivity index (χ0) is 19.2. The second kappa shape index (κ2) is 9.26. The predicted molar refractivity (Wildman–Crippen MR) is 107 cm³/mol. The Bertz CT molecular complexity index is 744. The first-order chi connectivity index (χ1) is 13.0. The number of benzene rings is 1. The summed E-state index contributed by atoms with van der Waals surface area (Å²) in [6, 6.07) is 10.1. The summed E-state index contributed by atoms with van der Waals surface area (Å²) in [6.45, 7) is 7.49. The largest absolute Gasteiger partial charge is 0.486 e. The topological polar surface area (TPSA) is 69.0 Å². The van der Waals surface area contributed by atoms with Gasteiger partial charge in [0.1, 0.15) is 12.4 Å². The molecule has 0 aliphatic heterocycles. The highest BCUT2D eigenvalue weighted by Crippen LogP contribution is 2.26. The lowest BCUT2D eigenvalue weighted by molar-refractivity contribution is -0.120. The van der Waals surface area contributed by atoms with E-state index in [-0.39, 0.29) is 11.2 Å². The molecule has 27 heavy (non-hydrogen) atoms. The predicted octanol–water partition coefficient (Wildman–Crippen LogP) is 3.66. The van der Waals surface area contributed by atoms with Crippen LogP contribution >= 0.6 is 11.8 Å². The van der Waals surface area contributed by atoms with Crippen molar-refractivity contribution in [3.8, 4) is 5.75 Å². The fourth-order valence-electron chi connectivity index (χ4n) is 2.55. The van der Waals surface area contributed by atoms with Crippen LogP contribution in [0.25, 0.3) is 0 Å². The molecule has 0 saturated heterocycles. The van der Waals surface area contributed by atoms with E-state index in [0.717, 1.165) is 42.5 Å². The lowest BCUT2D eigenvalue weighted by Gasteiger charge is -2.14. The average molecular weight is 389 g/mol. The van der Waals surface area contributed by atoms with Gasteiger partial charge in [-0.2, -0.15) is 0 Å². The number of para-hydroxylation sites is 1. The number of ether oxygens (including phenoxy) is 1. The maximum absolute atomic E-state index is 12.3. The second-order valence-corrected chi connectivity index (χ2v) is 8.69. The summed E-state index contributed by atoms with van der Waals surface area (Å²) >= 11 is 1.46. The standard InChI is InChI=1S/C20H28N4O2S/c1-14(2)11-12-24-18(13-26-17-7-5-4-6-8-17)22-23-20(24)27-15(3)19(25)21-16-9-10-16/h4-8,14-16H,9-13H2,1-3H3,(H,21,25). The van der Waals surface area contributed by atoms with Crippen LogP contribution in [0.5, 0.6) is 5.75 Å². The summed E-state index contributed by atoms with van der Waals surface area (Å²) in [5.41, 5.74) is 0. The molecule has 146 valence electrons. The SMILES string of the molecule is CC(C)CCn1c(COc2ccccc2)nnc1SC(C)C(=O)NC1CC1. The van der Waals surface area contributed by atoms with Crippen molar-refractivity contribution in [2.45, 2.75) is 69.6 Å². The molecule has 1 amide bonds. The molecule has 6 nitrogen and oxygen atoms in total. The summed E-state index contributed by atoms with van der Waals surface area (Å²) in [5.74, 6) is 2.24. The van der Waals surface area contributed by atoms with Crippen molar-refractivity contribution in [2.75, 3.05) is 0 Å². The number of nitrogens with one attached hydrogen (secondary N) is 1. The van der Waals surface area contributed by atoms with Crippen molar-refractivity contribution in [2.24, 2.45) is 5.92 Å². The van der Waals surface area contributed by atoms with Crippen molar-refractivity contribution in [1.29, 1.82) is 0 Å². The molecule has 1 aromatic carbocycles. The minimum absolute atomic E-state index is 0.0722. The molecule has 0 radical (unpaired) electrons. The van der Waals surface area contributed by atoms with Crippen LogP contribution < -0.4 is 10.1 Å². The smallest absolute Gasteiger partial charge is 0.233 e. The van der Waals surface area contributed by atoms with Crippen molar-refractivity contribution in [3.05, 3.63) is 36.2 Å². The molecule has 1 saturated carbocycles. The van der Waals surface area contributed by atoms with Crippen molar-refractivity contribution < 1.29 is 9.53 Å². The van der Waals surface area contributed by atoms with Gasteiger partial charge >= 0.3 is 0 Å². The summed E-state index contributed by atoms with van der Waals surface area (Å²) in [5, 5.41) is 12.3. The van der Waals surface area contributed by atoms with Gasteiger partial charge in [-0.05, 0) is 44.2 Å². The Morgan fingerprint density at radius 2 is 2.00 bits per heavy atom. The molecule has 1 N–H and O–H groups in total. The lowest BCUT2D eigenvalue weighted by Crippen LogP contribution is -2.32. The van der Waals surface area contributed by atoms with Gasteiger partial charge in [0.25, 0.3) is 0 Å². The minimum Gasteiger partial charge on any atom is -0.486 e. The first-order valence-corrected chi connectivity index (χ1v) is 10.5. The van der Waals surface area contributed by atoms with E-state index in [0.29, 0.717) is 18.6 Å². The summed E-state index contributed by atoms with van der Waals surface area (Å²) in [7, 11) is 0. The van der Waals surface area contributed by atoms with Gasteiger partial charge in [-0.3, -0.25) is 4.79 Å². The summed E-state index contributed by atoms with van der Waals surface area (Å²) < 4.78 is 7.95. The molecule has 1 unspecified atom stereocenters. The molecule has 1 fully saturated rings. The third-order valence-corrected chi connectivity index (χ3v) is 5.49. The van der Waals surface area contributed by atoms with Gasteiger partial charge in [-0.15, -0.1) is 10.2 Å². The summed E-state index contributed by atoms with van der Waals surface area (Å²) in [6.07, 6.45) is 3.20. The molecule has 0 spiro atoms. The molecule has 1 atom stereocenters. The average Bonchev–Trinajstić information content (AvgIpc) is 3.39. The molecular weight excluding hydrogens is 360 g/mol. The highest BCUT2D eigenvalue weighted by Gasteiger charge is 2.27. The summed E-state index contributed by atoms with van der Waals surface area (Å²) in [4.78, 5) is 12.3. The van der Waals surface area contributed by atoms with E-state index < -0.39 is 0 Å². The number of hydrogen-bond acceptors (Lipinski definition) is 5. The fourth-order valence-corrected chi connectivity index (χ4v) is 3.45. The first-order valence-electron chi connectivity index (χ1n) is 9.60. The van der Waals surface area contributed by atoms with E-state index in [1.807, 2.05) is 37.3 Å². The van der Waals surface area contributed by atoms with Gasteiger partial charge in [-0.25, -0.2) is 0 Å². The Morgan fingerprint density at radius 1 is 1.26 bits per heavy atom. The first kappa shape index (κ1) is 19.7. The third kappa shape index (κ3) is 5.99. The van der Waals surface area contributed by atoms with E-state index in [2.05, 4.69) is 33.9 Å². The minimum atomic E-state index is -0.199. The molecule has 2 aromatic rings. The van der Waals surface area contributed by atoms with Crippen LogP contribution in [-0.4, -0.2) is 32.0 Å². The maximum atomic E-state index is 12.3. The Labute approximate surface area is 165 Å². The quantitative estimate of drug-likeness (QED) is 0.629. The van der Waals surface area contributed by atoms with Crippen LogP contribution in [0.2, 0.25) is 0 Å². The number of rotatable bonds is 10. The van der Waals surface area contributed by atoms with Crippen LogP contribution in [0.3, 0.4) is 0 Å². The van der Waals surface area contributed by atoms with E-state index in [1.54, 1.807) is 0 Å². The number of carbonyl (C=O) groups excluding carboxylic acids is 1. The highest BCUT2D eigenvalue weighted by atomic mass is 32.2. The van der Waals surface area contributed by atoms with Crippen LogP contribution in [0, 0.1) is 5.92 Å². The number of aromatic nitrogens is 3. The fraction of sp³-hybridized carbons (Fsp3) is 0.550. The van der Waals surface area contributed by atoms with Crippen LogP contribution in [-0.2, 0) is 17.9 Å². The van der Waals surface area contributed by atoms with Gasteiger partial charge in [0.2, 0.25) is 5.91 Å². The Balaban J connectivity index is 1.67. The molecule has 1 heterocycles. The molecule has 3 rings (SSSR count). The van der Waals surface area contributed by atoms with E-state index >= 15 is 0 Å². The Morgan fingerprint density at radius 3 is 2.67 bits per heavy atom. The number of nitrogens with zero attached hydrogens (tertiary/aromatic N) is 3. The molecule has 7 heteroatoms. The number of amides is 1. The number of carbonyl (C=O) groups is 1. The molecule has 1 aliphatic rings. The van der Waals surface area contributed by atoms with E-state index in [1.165, 1.54) is 11.8 Å². The third-order valence-electron chi connectivity index (χ3n) is 4.41. The lowest BCUT2D eigenvalue weighted by atomic mass is 10.1. The van der Waals surface area contributed by atoms with Crippen LogP contribution in [0.4, 0.5) is 0 Å². The Hall–Kier alpha value is -2.02. The molecule has 0 bridgehead atoms. The highest BCUT2D eigenvalue weighted by molar-refractivity contribution is 8.00. The van der Waals surface area contributed by atoms with Crippen LogP contribution in [0.1, 0.15) is 45.9 Å². The van der Waals surface area contributed by atoms with E-state index in [4.69, 9.17) is 4.74 Å². The van der Waals surface area contributed by atoms with Gasteiger partial charge in [0, 0.05) is 12.6 Å². The maximum Gasteiger partial charge on any atom is 0.233 e. The monoisotopic (exact) mass is 388 g/mol. The van der Waals surface area contributed by atoms with E-state index in [9.17, 15) is 4.79 Å². The zero-order valence-corrected chi connectivity index (χ0v) is 17.0. The zero-order valence-electron chi connectivity index (χ0n) is 16.2. The molecular formula is C20H28N4O2S. The van der Waals surface area contributed by atoms with Gasteiger partial charge < -0.3 is 14.6 Å². The van der Waals surface area contributed by atoms with Crippen LogP contribution in [0.15, 0.2) is 35.5 Å². The van der Waals surface area contributed by atoms with Gasteiger partial charge in [0.15, 0.2) is 11.0 Å². The van der Waals surface area contributed by atoms with Crippen molar-refractivity contribution in [1.82, 2.24) is 20.1 Å². The second-order valence-electron chi connectivity index (χ2n) is 7.38. The Kier molecular flexibility index (Phi) is 6.77. The molecule has 1 aromatic heterocycles. The van der Waals surface area contributed by atoms with Gasteiger partial charge in [0.05, 0.1) is 5.25 Å². The van der Waals surface area contributed by atoms with Gasteiger partial charge in [-0.1, -0.05) is 43.8 Å². The number of hydrogen-bond donors (Lipinski definition) is 1. The normalized spacial score (nSPS) is 15.0.